The van der Waals surface area contributed by atoms with E-state index in [1.807, 2.05) is 0 Å². The van der Waals surface area contributed by atoms with Gasteiger partial charge in [0.05, 0.1) is 0 Å². The second-order valence-electron chi connectivity index (χ2n) is 5.92. The standard InChI is InChI=1S/C18H24N2O/c1-5-20(6-2)17-11-21-19-18(17)16-10-9-14-13(4)12(3)7-8-15(14)16/h7-8,11,16H,5-6,9-10H2,1-4H3. The van der Waals surface area contributed by atoms with Crippen molar-refractivity contribution in [2.45, 2.75) is 46.5 Å². The third-order valence-corrected chi connectivity index (χ3v) is 4.98. The van der Waals surface area contributed by atoms with Crippen LogP contribution in [0.15, 0.2) is 22.9 Å². The minimum absolute atomic E-state index is 0.383. The van der Waals surface area contributed by atoms with Gasteiger partial charge >= 0.3 is 0 Å². The van der Waals surface area contributed by atoms with Crippen LogP contribution in [0, 0.1) is 13.8 Å². The number of fused-ring (bicyclic) bond motifs is 1. The van der Waals surface area contributed by atoms with Gasteiger partial charge in [0.1, 0.15) is 17.6 Å². The highest BCUT2D eigenvalue weighted by Crippen LogP contribution is 2.42. The van der Waals surface area contributed by atoms with Gasteiger partial charge in [-0.05, 0) is 62.8 Å². The van der Waals surface area contributed by atoms with Gasteiger partial charge in [0.2, 0.25) is 0 Å². The molecule has 3 rings (SSSR count). The molecule has 1 aromatic carbocycles. The first-order valence-electron chi connectivity index (χ1n) is 7.95. The van der Waals surface area contributed by atoms with Crippen LogP contribution in [0.25, 0.3) is 0 Å². The molecule has 0 saturated heterocycles. The Balaban J connectivity index is 2.03. The Morgan fingerprint density at radius 1 is 1.24 bits per heavy atom. The first-order valence-corrected chi connectivity index (χ1v) is 7.95. The molecule has 0 spiro atoms. The Kier molecular flexibility index (Phi) is 3.75. The zero-order valence-electron chi connectivity index (χ0n) is 13.4. The Labute approximate surface area is 126 Å². The monoisotopic (exact) mass is 284 g/mol. The van der Waals surface area contributed by atoms with Gasteiger partial charge in [0, 0.05) is 19.0 Å². The van der Waals surface area contributed by atoms with Crippen molar-refractivity contribution in [3.8, 4) is 0 Å². The topological polar surface area (TPSA) is 29.3 Å². The summed E-state index contributed by atoms with van der Waals surface area (Å²) >= 11 is 0. The molecule has 0 aliphatic heterocycles. The molecule has 0 fully saturated rings. The molecular weight excluding hydrogens is 260 g/mol. The van der Waals surface area contributed by atoms with Gasteiger partial charge in [0.25, 0.3) is 0 Å². The summed E-state index contributed by atoms with van der Waals surface area (Å²) in [7, 11) is 0. The number of aromatic nitrogens is 1. The molecule has 0 amide bonds. The van der Waals surface area contributed by atoms with Crippen LogP contribution in [0.2, 0.25) is 0 Å². The molecule has 1 aliphatic rings. The summed E-state index contributed by atoms with van der Waals surface area (Å²) in [6, 6.07) is 4.53. The van der Waals surface area contributed by atoms with Gasteiger partial charge in [-0.1, -0.05) is 17.3 Å². The highest BCUT2D eigenvalue weighted by Gasteiger charge is 2.30. The van der Waals surface area contributed by atoms with Crippen LogP contribution in [0.1, 0.15) is 54.1 Å². The molecule has 1 atom stereocenters. The van der Waals surface area contributed by atoms with Gasteiger partial charge in [-0.3, -0.25) is 0 Å². The normalized spacial score (nSPS) is 17.0. The molecule has 1 unspecified atom stereocenters. The third kappa shape index (κ3) is 2.25. The highest BCUT2D eigenvalue weighted by molar-refractivity contribution is 5.56. The summed E-state index contributed by atoms with van der Waals surface area (Å²) in [5, 5.41) is 4.35. The van der Waals surface area contributed by atoms with Gasteiger partial charge in [-0.2, -0.15) is 0 Å². The number of hydrogen-bond acceptors (Lipinski definition) is 3. The molecule has 0 radical (unpaired) electrons. The van der Waals surface area contributed by atoms with Crippen molar-refractivity contribution in [2.75, 3.05) is 18.0 Å². The fourth-order valence-electron chi connectivity index (χ4n) is 3.56. The highest BCUT2D eigenvalue weighted by atomic mass is 16.5. The molecule has 1 aliphatic carbocycles. The molecule has 0 saturated carbocycles. The van der Waals surface area contributed by atoms with Crippen LogP contribution >= 0.6 is 0 Å². The number of aryl methyl sites for hydroxylation is 1. The smallest absolute Gasteiger partial charge is 0.147 e. The van der Waals surface area contributed by atoms with E-state index in [9.17, 15) is 0 Å². The number of nitrogens with zero attached hydrogens (tertiary/aromatic N) is 2. The number of anilines is 1. The second kappa shape index (κ2) is 5.55. The van der Waals surface area contributed by atoms with Crippen molar-refractivity contribution in [1.29, 1.82) is 0 Å². The maximum absolute atomic E-state index is 5.32. The average Bonchev–Trinajstić information content (AvgIpc) is 3.11. The van der Waals surface area contributed by atoms with Gasteiger partial charge in [0.15, 0.2) is 0 Å². The maximum atomic E-state index is 5.32. The van der Waals surface area contributed by atoms with Crippen LogP contribution in [0.4, 0.5) is 5.69 Å². The van der Waals surface area contributed by atoms with Crippen molar-refractivity contribution in [2.24, 2.45) is 0 Å². The van der Waals surface area contributed by atoms with Crippen LogP contribution in [0.5, 0.6) is 0 Å². The van der Waals surface area contributed by atoms with E-state index < -0.39 is 0 Å². The Morgan fingerprint density at radius 2 is 2.00 bits per heavy atom. The lowest BCUT2D eigenvalue weighted by atomic mass is 9.93. The van der Waals surface area contributed by atoms with Gasteiger partial charge in [-0.25, -0.2) is 0 Å². The first kappa shape index (κ1) is 14.2. The van der Waals surface area contributed by atoms with E-state index in [0.717, 1.165) is 37.3 Å². The number of rotatable bonds is 4. The number of hydrogen-bond donors (Lipinski definition) is 0. The fourth-order valence-corrected chi connectivity index (χ4v) is 3.56. The van der Waals surface area contributed by atoms with E-state index in [4.69, 9.17) is 4.52 Å². The molecule has 21 heavy (non-hydrogen) atoms. The Hall–Kier alpha value is -1.77. The maximum Gasteiger partial charge on any atom is 0.147 e. The molecule has 0 N–H and O–H groups in total. The van der Waals surface area contributed by atoms with E-state index in [-0.39, 0.29) is 0 Å². The van der Waals surface area contributed by atoms with Crippen molar-refractivity contribution in [3.05, 3.63) is 46.3 Å². The third-order valence-electron chi connectivity index (χ3n) is 4.98. The molecule has 0 bridgehead atoms. The lowest BCUT2D eigenvalue weighted by Crippen LogP contribution is -2.23. The zero-order valence-corrected chi connectivity index (χ0v) is 13.4. The predicted octanol–water partition coefficient (Wildman–Crippen LogP) is 4.22. The van der Waals surface area contributed by atoms with Crippen LogP contribution in [0.3, 0.4) is 0 Å². The van der Waals surface area contributed by atoms with Crippen LogP contribution < -0.4 is 4.90 Å². The average molecular weight is 284 g/mol. The summed E-state index contributed by atoms with van der Waals surface area (Å²) in [5.74, 6) is 0.383. The van der Waals surface area contributed by atoms with E-state index in [1.54, 1.807) is 6.26 Å². The number of benzene rings is 1. The van der Waals surface area contributed by atoms with E-state index >= 15 is 0 Å². The molecule has 112 valence electrons. The SMILES string of the molecule is CCN(CC)c1conc1C1CCc2c1ccc(C)c2C. The summed E-state index contributed by atoms with van der Waals surface area (Å²) in [6.07, 6.45) is 4.10. The lowest BCUT2D eigenvalue weighted by Gasteiger charge is -2.21. The first-order chi connectivity index (χ1) is 10.2. The minimum Gasteiger partial charge on any atom is -0.368 e. The van der Waals surface area contributed by atoms with E-state index in [2.05, 4.69) is 49.9 Å². The van der Waals surface area contributed by atoms with Crippen LogP contribution in [-0.2, 0) is 6.42 Å². The van der Waals surface area contributed by atoms with Crippen molar-refractivity contribution < 1.29 is 4.52 Å². The predicted molar refractivity (Wildman–Crippen MR) is 86.1 cm³/mol. The lowest BCUT2D eigenvalue weighted by molar-refractivity contribution is 0.408. The molecule has 1 heterocycles. The van der Waals surface area contributed by atoms with Crippen molar-refractivity contribution in [3.63, 3.8) is 0 Å². The summed E-state index contributed by atoms with van der Waals surface area (Å²) in [6.45, 7) is 10.8. The molecule has 2 aromatic rings. The zero-order chi connectivity index (χ0) is 15.0. The summed E-state index contributed by atoms with van der Waals surface area (Å²) < 4.78 is 5.32. The van der Waals surface area contributed by atoms with Crippen molar-refractivity contribution in [1.82, 2.24) is 5.16 Å². The summed E-state index contributed by atoms with van der Waals surface area (Å²) in [4.78, 5) is 2.32. The minimum atomic E-state index is 0.383. The molecular formula is C18H24N2O. The summed E-state index contributed by atoms with van der Waals surface area (Å²) in [5.41, 5.74) is 8.08. The van der Waals surface area contributed by atoms with E-state index in [1.165, 1.54) is 22.3 Å². The quantitative estimate of drug-likeness (QED) is 0.842. The van der Waals surface area contributed by atoms with E-state index in [0.29, 0.717) is 5.92 Å². The fraction of sp³-hybridized carbons (Fsp3) is 0.500. The van der Waals surface area contributed by atoms with Gasteiger partial charge < -0.3 is 9.42 Å². The van der Waals surface area contributed by atoms with Crippen molar-refractivity contribution >= 4 is 5.69 Å². The largest absolute Gasteiger partial charge is 0.368 e. The second-order valence-corrected chi connectivity index (χ2v) is 5.92. The Morgan fingerprint density at radius 3 is 2.71 bits per heavy atom. The molecule has 1 aromatic heterocycles. The van der Waals surface area contributed by atoms with Crippen LogP contribution in [-0.4, -0.2) is 18.2 Å². The molecule has 3 heteroatoms. The van der Waals surface area contributed by atoms with Gasteiger partial charge in [-0.15, -0.1) is 0 Å². The Bertz CT molecular complexity index is 641. The molecule has 3 nitrogen and oxygen atoms in total.